The maximum atomic E-state index is 14.2. The molecule has 0 aromatic heterocycles. The van der Waals surface area contributed by atoms with E-state index in [9.17, 15) is 18.0 Å². The Balaban J connectivity index is 2.11. The van der Waals surface area contributed by atoms with Gasteiger partial charge in [-0.15, -0.1) is 0 Å². The van der Waals surface area contributed by atoms with Crippen LogP contribution in [-0.2, 0) is 32.6 Å². The van der Waals surface area contributed by atoms with Crippen LogP contribution in [-0.4, -0.2) is 50.5 Å². The lowest BCUT2D eigenvalue weighted by Gasteiger charge is -2.34. The van der Waals surface area contributed by atoms with Gasteiger partial charge in [0, 0.05) is 35.1 Å². The molecule has 7 nitrogen and oxygen atoms in total. The molecule has 1 N–H and O–H groups in total. The predicted molar refractivity (Wildman–Crippen MR) is 167 cm³/mol. The maximum absolute atomic E-state index is 14.2. The Morgan fingerprint density at radius 1 is 0.951 bits per heavy atom. The Morgan fingerprint density at radius 2 is 1.61 bits per heavy atom. The van der Waals surface area contributed by atoms with Gasteiger partial charge in [-0.05, 0) is 55.2 Å². The molecule has 0 heterocycles. The first-order valence-corrected chi connectivity index (χ1v) is 16.1. The molecule has 0 bridgehead atoms. The number of hydrogen-bond acceptors (Lipinski definition) is 4. The molecule has 3 aromatic rings. The molecule has 0 radical (unpaired) electrons. The zero-order valence-electron chi connectivity index (χ0n) is 23.9. The third-order valence-electron chi connectivity index (χ3n) is 6.80. The molecule has 0 aliphatic heterocycles. The van der Waals surface area contributed by atoms with Crippen LogP contribution >= 0.6 is 23.2 Å². The second-order valence-corrected chi connectivity index (χ2v) is 12.9. The molecule has 0 saturated heterocycles. The van der Waals surface area contributed by atoms with Crippen molar-refractivity contribution in [3.63, 3.8) is 0 Å². The molecule has 0 fully saturated rings. The van der Waals surface area contributed by atoms with Gasteiger partial charge in [0.2, 0.25) is 21.8 Å². The van der Waals surface area contributed by atoms with E-state index >= 15 is 0 Å². The van der Waals surface area contributed by atoms with E-state index in [0.717, 1.165) is 34.5 Å². The predicted octanol–water partition coefficient (Wildman–Crippen LogP) is 5.93. The summed E-state index contributed by atoms with van der Waals surface area (Å²) in [4.78, 5) is 29.3. The summed E-state index contributed by atoms with van der Waals surface area (Å²) in [7, 11) is -3.86. The van der Waals surface area contributed by atoms with Crippen molar-refractivity contribution in [1.82, 2.24) is 10.2 Å². The van der Waals surface area contributed by atoms with Crippen LogP contribution in [0, 0.1) is 13.8 Å². The van der Waals surface area contributed by atoms with E-state index in [4.69, 9.17) is 23.2 Å². The highest BCUT2D eigenvalue weighted by atomic mass is 35.5. The van der Waals surface area contributed by atoms with E-state index in [0.29, 0.717) is 33.4 Å². The number of unbranched alkanes of at least 4 members (excludes halogenated alkanes) is 1. The Morgan fingerprint density at radius 3 is 2.22 bits per heavy atom. The molecule has 3 rings (SSSR count). The number of amides is 2. The average molecular weight is 619 g/mol. The third kappa shape index (κ3) is 8.96. The Hall–Kier alpha value is -3.07. The van der Waals surface area contributed by atoms with Crippen LogP contribution in [0.3, 0.4) is 0 Å². The van der Waals surface area contributed by atoms with Crippen molar-refractivity contribution >= 4 is 50.7 Å². The molecule has 220 valence electrons. The molecule has 1 unspecified atom stereocenters. The number of carbonyl (C=O) groups is 2. The minimum absolute atomic E-state index is 0.0829. The quantitative estimate of drug-likeness (QED) is 0.241. The topological polar surface area (TPSA) is 86.8 Å². The summed E-state index contributed by atoms with van der Waals surface area (Å²) in [6, 6.07) is 18.9. The first-order valence-electron chi connectivity index (χ1n) is 13.5. The van der Waals surface area contributed by atoms with Crippen molar-refractivity contribution in [1.29, 1.82) is 0 Å². The van der Waals surface area contributed by atoms with Crippen LogP contribution in [0.2, 0.25) is 10.0 Å². The first-order chi connectivity index (χ1) is 19.4. The van der Waals surface area contributed by atoms with Gasteiger partial charge in [0.25, 0.3) is 0 Å². The number of carbonyl (C=O) groups excluding carboxylic acids is 2. The summed E-state index contributed by atoms with van der Waals surface area (Å²) in [5.41, 5.74) is 3.28. The lowest BCUT2D eigenvalue weighted by atomic mass is 10.0. The van der Waals surface area contributed by atoms with E-state index in [-0.39, 0.29) is 18.9 Å². The van der Waals surface area contributed by atoms with Gasteiger partial charge in [0.1, 0.15) is 12.6 Å². The smallest absolute Gasteiger partial charge is 0.244 e. The zero-order valence-corrected chi connectivity index (χ0v) is 26.2. The monoisotopic (exact) mass is 617 g/mol. The molecule has 0 saturated carbocycles. The summed E-state index contributed by atoms with van der Waals surface area (Å²) < 4.78 is 27.1. The number of rotatable bonds is 13. The molecule has 0 spiro atoms. The summed E-state index contributed by atoms with van der Waals surface area (Å²) >= 11 is 13.0. The maximum Gasteiger partial charge on any atom is 0.244 e. The number of aryl methyl sites for hydroxylation is 2. The van der Waals surface area contributed by atoms with Gasteiger partial charge in [-0.25, -0.2) is 8.42 Å². The molecule has 1 atom stereocenters. The van der Waals surface area contributed by atoms with Crippen molar-refractivity contribution in [2.24, 2.45) is 0 Å². The molecular weight excluding hydrogens is 581 g/mol. The number of halogens is 2. The van der Waals surface area contributed by atoms with Crippen molar-refractivity contribution in [3.8, 4) is 0 Å². The van der Waals surface area contributed by atoms with Gasteiger partial charge in [-0.2, -0.15) is 0 Å². The van der Waals surface area contributed by atoms with Crippen LogP contribution in [0.25, 0.3) is 0 Å². The van der Waals surface area contributed by atoms with Gasteiger partial charge in [0.05, 0.1) is 11.9 Å². The number of benzene rings is 3. The fourth-order valence-corrected chi connectivity index (χ4v) is 5.91. The molecule has 0 aliphatic carbocycles. The number of anilines is 1. The van der Waals surface area contributed by atoms with Gasteiger partial charge in [-0.1, -0.05) is 85.1 Å². The first kappa shape index (κ1) is 32.4. The molecule has 3 aromatic carbocycles. The lowest BCUT2D eigenvalue weighted by molar-refractivity contribution is -0.140. The van der Waals surface area contributed by atoms with Gasteiger partial charge < -0.3 is 10.2 Å². The lowest BCUT2D eigenvalue weighted by Crippen LogP contribution is -2.53. The van der Waals surface area contributed by atoms with E-state index in [1.54, 1.807) is 31.2 Å². The van der Waals surface area contributed by atoms with Crippen molar-refractivity contribution in [2.45, 2.75) is 52.6 Å². The molecule has 0 aliphatic rings. The largest absolute Gasteiger partial charge is 0.354 e. The van der Waals surface area contributed by atoms with E-state index in [1.807, 2.05) is 56.3 Å². The van der Waals surface area contributed by atoms with Crippen LogP contribution in [0.15, 0.2) is 66.7 Å². The minimum Gasteiger partial charge on any atom is -0.354 e. The average Bonchev–Trinajstić information content (AvgIpc) is 2.92. The molecule has 10 heteroatoms. The standard InChI is InChI=1S/C31H37Cl2N3O4S/c1-5-6-17-34-31(38)29(19-24-11-8-7-9-12-24)35(20-25-26(32)13-10-14-27(25)33)30(37)21-36(41(4,39)40)28-18-22(2)15-16-23(28)3/h7-16,18,29H,5-6,17,19-21H2,1-4H3,(H,34,38). The van der Waals surface area contributed by atoms with Crippen LogP contribution in [0.1, 0.15) is 42.0 Å². The van der Waals surface area contributed by atoms with Crippen LogP contribution < -0.4 is 9.62 Å². The third-order valence-corrected chi connectivity index (χ3v) is 8.64. The number of hydrogen-bond donors (Lipinski definition) is 1. The van der Waals surface area contributed by atoms with E-state index < -0.39 is 28.5 Å². The summed E-state index contributed by atoms with van der Waals surface area (Å²) in [5.74, 6) is -0.893. The highest BCUT2D eigenvalue weighted by Gasteiger charge is 2.34. The number of sulfonamides is 1. The SMILES string of the molecule is CCCCNC(=O)C(Cc1ccccc1)N(Cc1c(Cl)cccc1Cl)C(=O)CN(c1cc(C)ccc1C)S(C)(=O)=O. The molecule has 41 heavy (non-hydrogen) atoms. The Labute approximate surface area is 253 Å². The van der Waals surface area contributed by atoms with Crippen molar-refractivity contribution in [3.05, 3.63) is 99.0 Å². The molecular formula is C31H37Cl2N3O4S. The second-order valence-electron chi connectivity index (χ2n) is 10.1. The van der Waals surface area contributed by atoms with Crippen LogP contribution in [0.5, 0.6) is 0 Å². The van der Waals surface area contributed by atoms with Crippen molar-refractivity contribution in [2.75, 3.05) is 23.7 Å². The Bertz CT molecular complexity index is 1450. The fraction of sp³-hybridized carbons (Fsp3) is 0.355. The number of nitrogens with zero attached hydrogens (tertiary/aromatic N) is 2. The number of nitrogens with one attached hydrogen (secondary N) is 1. The minimum atomic E-state index is -3.86. The summed E-state index contributed by atoms with van der Waals surface area (Å²) in [6.07, 6.45) is 2.95. The Kier molecular flexibility index (Phi) is 11.6. The second kappa shape index (κ2) is 14.7. The van der Waals surface area contributed by atoms with E-state index in [2.05, 4.69) is 5.32 Å². The van der Waals surface area contributed by atoms with Crippen molar-refractivity contribution < 1.29 is 18.0 Å². The van der Waals surface area contributed by atoms with Gasteiger partial charge in [-0.3, -0.25) is 13.9 Å². The molecule has 2 amide bonds. The van der Waals surface area contributed by atoms with Crippen LogP contribution in [0.4, 0.5) is 5.69 Å². The van der Waals surface area contributed by atoms with Gasteiger partial charge in [0.15, 0.2) is 0 Å². The normalized spacial score (nSPS) is 12.0. The zero-order chi connectivity index (χ0) is 30.2. The van der Waals surface area contributed by atoms with Gasteiger partial charge >= 0.3 is 0 Å². The van der Waals surface area contributed by atoms with E-state index in [1.165, 1.54) is 4.90 Å². The highest BCUT2D eigenvalue weighted by Crippen LogP contribution is 2.29. The fourth-order valence-electron chi connectivity index (χ4n) is 4.50. The summed E-state index contributed by atoms with van der Waals surface area (Å²) in [6.45, 7) is 5.54. The highest BCUT2D eigenvalue weighted by molar-refractivity contribution is 7.92. The summed E-state index contributed by atoms with van der Waals surface area (Å²) in [5, 5.41) is 3.64.